The number of hydrogen-bond donors (Lipinski definition) is 3. The summed E-state index contributed by atoms with van der Waals surface area (Å²) in [6.45, 7) is 11.9. The molecule has 1 fully saturated rings. The highest BCUT2D eigenvalue weighted by atomic mass is 127. The molecule has 1 aliphatic heterocycles. The monoisotopic (exact) mass is 515 g/mol. The number of halogens is 1. The molecule has 0 saturated carbocycles. The quantitative estimate of drug-likeness (QED) is 0.205. The predicted octanol–water partition coefficient (Wildman–Crippen LogP) is 2.95. The van der Waals surface area contributed by atoms with Crippen LogP contribution in [0.2, 0.25) is 0 Å². The highest BCUT2D eigenvalue weighted by molar-refractivity contribution is 14.0. The van der Waals surface area contributed by atoms with Crippen LogP contribution in [0.1, 0.15) is 49.3 Å². The van der Waals surface area contributed by atoms with Gasteiger partial charge in [-0.25, -0.2) is 4.99 Å². The van der Waals surface area contributed by atoms with Crippen LogP contribution in [0.25, 0.3) is 0 Å². The molecule has 0 unspecified atom stereocenters. The van der Waals surface area contributed by atoms with Crippen molar-refractivity contribution in [2.45, 2.75) is 53.0 Å². The zero-order valence-electron chi connectivity index (χ0n) is 18.2. The highest BCUT2D eigenvalue weighted by Gasteiger charge is 2.22. The smallest absolute Gasteiger partial charge is 0.220 e. The van der Waals surface area contributed by atoms with E-state index in [0.29, 0.717) is 6.54 Å². The van der Waals surface area contributed by atoms with Crippen LogP contribution >= 0.6 is 24.0 Å². The van der Waals surface area contributed by atoms with Crippen LogP contribution in [0.4, 0.5) is 0 Å². The van der Waals surface area contributed by atoms with Crippen LogP contribution in [-0.2, 0) is 11.3 Å². The number of hydrogen-bond acceptors (Lipinski definition) is 3. The molecule has 1 aromatic carbocycles. The van der Waals surface area contributed by atoms with E-state index in [-0.39, 0.29) is 35.8 Å². The van der Waals surface area contributed by atoms with E-state index in [1.807, 2.05) is 0 Å². The van der Waals surface area contributed by atoms with Crippen molar-refractivity contribution in [2.24, 2.45) is 16.6 Å². The molecule has 0 atom stereocenters. The van der Waals surface area contributed by atoms with Gasteiger partial charge in [-0.3, -0.25) is 4.79 Å². The lowest BCUT2D eigenvalue weighted by atomic mass is 9.96. The Morgan fingerprint density at radius 3 is 2.55 bits per heavy atom. The second-order valence-corrected chi connectivity index (χ2v) is 7.78. The minimum atomic E-state index is -0.139. The van der Waals surface area contributed by atoms with Crippen LogP contribution in [0.5, 0.6) is 0 Å². The van der Waals surface area contributed by atoms with Gasteiger partial charge < -0.3 is 21.3 Å². The summed E-state index contributed by atoms with van der Waals surface area (Å²) in [4.78, 5) is 18.4. The molecule has 1 amide bonds. The number of nitrogens with two attached hydrogens (primary N) is 1. The van der Waals surface area contributed by atoms with Gasteiger partial charge in [0.15, 0.2) is 5.96 Å². The number of aliphatic imine (C=N–C) groups is 1. The Kier molecular flexibility index (Phi) is 12.2. The highest BCUT2D eigenvalue weighted by Crippen LogP contribution is 2.16. The number of benzene rings is 1. The van der Waals surface area contributed by atoms with E-state index in [4.69, 9.17) is 10.7 Å². The first-order valence-corrected chi connectivity index (χ1v) is 10.6. The zero-order valence-corrected chi connectivity index (χ0v) is 20.5. The molecule has 1 saturated heterocycles. The average Bonchev–Trinajstić information content (AvgIpc) is 2.67. The van der Waals surface area contributed by atoms with Gasteiger partial charge in [-0.15, -0.1) is 24.0 Å². The first-order valence-electron chi connectivity index (χ1n) is 10.6. The molecule has 7 heteroatoms. The maximum Gasteiger partial charge on any atom is 0.220 e. The summed E-state index contributed by atoms with van der Waals surface area (Å²) >= 11 is 0. The standard InChI is InChI=1S/C22H37N5O.HI/c1-4-24-22(26-16-20-8-7-17(2)15-18(20)3)25-11-5-6-12-27-13-9-19(10-14-27)21(23)28;/h7-8,15,19H,4-6,9-14,16H2,1-3H3,(H2,23,28)(H2,24,25,26);1H. The fraction of sp³-hybridized carbons (Fsp3) is 0.636. The number of carbonyl (C=O) groups is 1. The van der Waals surface area contributed by atoms with Gasteiger partial charge in [0.25, 0.3) is 0 Å². The van der Waals surface area contributed by atoms with Crippen LogP contribution < -0.4 is 16.4 Å². The van der Waals surface area contributed by atoms with E-state index in [9.17, 15) is 4.79 Å². The number of amides is 1. The van der Waals surface area contributed by atoms with Gasteiger partial charge in [0.2, 0.25) is 5.91 Å². The minimum absolute atomic E-state index is 0. The lowest BCUT2D eigenvalue weighted by Crippen LogP contribution is -2.39. The number of aryl methyl sites for hydroxylation is 2. The molecule has 164 valence electrons. The Morgan fingerprint density at radius 2 is 1.93 bits per heavy atom. The molecular weight excluding hydrogens is 477 g/mol. The Balaban J connectivity index is 0.00000420. The van der Waals surface area contributed by atoms with E-state index < -0.39 is 0 Å². The van der Waals surface area contributed by atoms with E-state index in [1.54, 1.807) is 0 Å². The maximum absolute atomic E-state index is 11.2. The van der Waals surface area contributed by atoms with Crippen molar-refractivity contribution in [3.05, 3.63) is 34.9 Å². The van der Waals surface area contributed by atoms with Gasteiger partial charge in [0.1, 0.15) is 0 Å². The fourth-order valence-corrected chi connectivity index (χ4v) is 3.64. The third-order valence-electron chi connectivity index (χ3n) is 5.43. The molecular formula is C22H38IN5O. The summed E-state index contributed by atoms with van der Waals surface area (Å²) in [6.07, 6.45) is 4.06. The minimum Gasteiger partial charge on any atom is -0.369 e. The number of unbranched alkanes of at least 4 members (excludes halogenated alkanes) is 1. The maximum atomic E-state index is 11.2. The predicted molar refractivity (Wildman–Crippen MR) is 132 cm³/mol. The second-order valence-electron chi connectivity index (χ2n) is 7.78. The van der Waals surface area contributed by atoms with Crippen LogP contribution in [0, 0.1) is 19.8 Å². The fourth-order valence-electron chi connectivity index (χ4n) is 3.64. The zero-order chi connectivity index (χ0) is 20.4. The van der Waals surface area contributed by atoms with Crippen molar-refractivity contribution in [1.29, 1.82) is 0 Å². The molecule has 1 aromatic rings. The molecule has 0 aliphatic carbocycles. The first-order chi connectivity index (χ1) is 13.5. The first kappa shape index (κ1) is 25.7. The number of nitrogens with zero attached hydrogens (tertiary/aromatic N) is 2. The summed E-state index contributed by atoms with van der Waals surface area (Å²) in [5, 5.41) is 6.76. The van der Waals surface area contributed by atoms with Gasteiger partial charge >= 0.3 is 0 Å². The molecule has 29 heavy (non-hydrogen) atoms. The molecule has 0 bridgehead atoms. The summed E-state index contributed by atoms with van der Waals surface area (Å²) < 4.78 is 0. The van der Waals surface area contributed by atoms with Gasteiger partial charge in [0.05, 0.1) is 6.54 Å². The second kappa shape index (κ2) is 13.8. The number of likely N-dealkylation sites (tertiary alicyclic amines) is 1. The van der Waals surface area contributed by atoms with E-state index in [2.05, 4.69) is 54.5 Å². The number of rotatable bonds is 9. The Labute approximate surface area is 193 Å². The van der Waals surface area contributed by atoms with Gasteiger partial charge in [-0.1, -0.05) is 23.8 Å². The molecule has 1 aliphatic rings. The molecule has 0 aromatic heterocycles. The van der Waals surface area contributed by atoms with Crippen molar-refractivity contribution in [2.75, 3.05) is 32.7 Å². The molecule has 4 N–H and O–H groups in total. The third-order valence-corrected chi connectivity index (χ3v) is 5.43. The van der Waals surface area contributed by atoms with Gasteiger partial charge in [0, 0.05) is 19.0 Å². The molecule has 2 rings (SSSR count). The summed E-state index contributed by atoms with van der Waals surface area (Å²) in [7, 11) is 0. The molecule has 0 radical (unpaired) electrons. The van der Waals surface area contributed by atoms with E-state index in [0.717, 1.165) is 64.4 Å². The Bertz CT molecular complexity index is 657. The molecule has 6 nitrogen and oxygen atoms in total. The normalized spacial score (nSPS) is 15.6. The number of carbonyl (C=O) groups excluding carboxylic acids is 1. The average molecular weight is 515 g/mol. The van der Waals surface area contributed by atoms with Crippen LogP contribution in [0.15, 0.2) is 23.2 Å². The van der Waals surface area contributed by atoms with Crippen LogP contribution in [-0.4, -0.2) is 49.5 Å². The molecule has 1 heterocycles. The van der Waals surface area contributed by atoms with E-state index in [1.165, 1.54) is 16.7 Å². The summed E-state index contributed by atoms with van der Waals surface area (Å²) in [5.74, 6) is 0.818. The topological polar surface area (TPSA) is 82.8 Å². The Hall–Kier alpha value is -1.35. The SMILES string of the molecule is CCNC(=NCc1ccc(C)cc1C)NCCCCN1CCC(C(N)=O)CC1.I. The number of primary amides is 1. The number of nitrogens with one attached hydrogen (secondary N) is 2. The lowest BCUT2D eigenvalue weighted by Gasteiger charge is -2.30. The van der Waals surface area contributed by atoms with Crippen molar-refractivity contribution >= 4 is 35.8 Å². The summed E-state index contributed by atoms with van der Waals surface area (Å²) in [6, 6.07) is 6.51. The molecule has 0 spiro atoms. The van der Waals surface area contributed by atoms with Gasteiger partial charge in [-0.05, 0) is 77.2 Å². The van der Waals surface area contributed by atoms with Crippen LogP contribution in [0.3, 0.4) is 0 Å². The van der Waals surface area contributed by atoms with Crippen molar-refractivity contribution < 1.29 is 4.79 Å². The number of piperidine rings is 1. The van der Waals surface area contributed by atoms with Crippen molar-refractivity contribution in [1.82, 2.24) is 15.5 Å². The largest absolute Gasteiger partial charge is 0.369 e. The summed E-state index contributed by atoms with van der Waals surface area (Å²) in [5.41, 5.74) is 9.24. The van der Waals surface area contributed by atoms with Crippen molar-refractivity contribution in [3.63, 3.8) is 0 Å². The number of guanidine groups is 1. The van der Waals surface area contributed by atoms with Gasteiger partial charge in [-0.2, -0.15) is 0 Å². The third kappa shape index (κ3) is 9.33. The lowest BCUT2D eigenvalue weighted by molar-refractivity contribution is -0.123. The Morgan fingerprint density at radius 1 is 1.21 bits per heavy atom. The van der Waals surface area contributed by atoms with E-state index >= 15 is 0 Å². The van der Waals surface area contributed by atoms with Crippen molar-refractivity contribution in [3.8, 4) is 0 Å².